The van der Waals surface area contributed by atoms with Crippen LogP contribution in [0.2, 0.25) is 5.02 Å². The minimum atomic E-state index is -1.57. The summed E-state index contributed by atoms with van der Waals surface area (Å²) in [5.41, 5.74) is 4.78. The summed E-state index contributed by atoms with van der Waals surface area (Å²) in [6.45, 7) is -0.173. The van der Waals surface area contributed by atoms with Crippen LogP contribution in [0.25, 0.3) is 0 Å². The monoisotopic (exact) mass is 315 g/mol. The van der Waals surface area contributed by atoms with Gasteiger partial charge in [-0.25, -0.2) is 13.2 Å². The first kappa shape index (κ1) is 15.1. The van der Waals surface area contributed by atoms with Crippen molar-refractivity contribution in [2.75, 3.05) is 0 Å². The maximum atomic E-state index is 13.2. The van der Waals surface area contributed by atoms with Gasteiger partial charge in [0, 0.05) is 12.7 Å². The van der Waals surface area contributed by atoms with Gasteiger partial charge in [0.15, 0.2) is 17.5 Å². The Labute approximate surface area is 122 Å². The van der Waals surface area contributed by atoms with E-state index in [1.165, 1.54) is 16.8 Å². The summed E-state index contributed by atoms with van der Waals surface area (Å²) in [7, 11) is 0. The molecular formula is C13H9ClF3N3O. The molecule has 0 bridgehead atoms. The molecule has 1 aromatic heterocycles. The van der Waals surface area contributed by atoms with Crippen molar-refractivity contribution in [1.29, 1.82) is 5.41 Å². The number of benzene rings is 1. The average Bonchev–Trinajstić information content (AvgIpc) is 2.39. The Kier molecular flexibility index (Phi) is 4.04. The maximum absolute atomic E-state index is 13.2. The lowest BCUT2D eigenvalue weighted by Crippen LogP contribution is -2.29. The predicted molar refractivity (Wildman–Crippen MR) is 69.2 cm³/mol. The Bertz CT molecular complexity index is 766. The summed E-state index contributed by atoms with van der Waals surface area (Å²) in [4.78, 5) is 11.2. The normalized spacial score (nSPS) is 10.7. The quantitative estimate of drug-likeness (QED) is 0.837. The average molecular weight is 316 g/mol. The number of nitrogens with one attached hydrogen (secondary N) is 1. The zero-order valence-corrected chi connectivity index (χ0v) is 11.2. The SMILES string of the molecule is N=c1c(C(N)=O)cc(Cl)cn1Cc1cc(F)c(F)c(F)c1. The summed E-state index contributed by atoms with van der Waals surface area (Å²) in [5, 5.41) is 7.94. The number of amides is 1. The van der Waals surface area contributed by atoms with Crippen LogP contribution in [0.5, 0.6) is 0 Å². The second-order valence-corrected chi connectivity index (χ2v) is 4.72. The molecule has 0 aliphatic rings. The van der Waals surface area contributed by atoms with Gasteiger partial charge in [0.25, 0.3) is 5.91 Å². The zero-order valence-electron chi connectivity index (χ0n) is 10.5. The van der Waals surface area contributed by atoms with Crippen molar-refractivity contribution in [3.8, 4) is 0 Å². The first-order valence-electron chi connectivity index (χ1n) is 5.67. The fraction of sp³-hybridized carbons (Fsp3) is 0.0769. The third kappa shape index (κ3) is 3.08. The van der Waals surface area contributed by atoms with Crippen LogP contribution in [-0.2, 0) is 6.54 Å². The summed E-state index contributed by atoms with van der Waals surface area (Å²) in [6, 6.07) is 2.82. The molecule has 0 aliphatic carbocycles. The Balaban J connectivity index is 2.50. The lowest BCUT2D eigenvalue weighted by atomic mass is 10.2. The molecule has 2 rings (SSSR count). The molecule has 1 amide bonds. The number of primary amides is 1. The third-order valence-corrected chi connectivity index (χ3v) is 2.97. The van der Waals surface area contributed by atoms with Gasteiger partial charge in [0.1, 0.15) is 5.49 Å². The molecule has 0 fully saturated rings. The first-order valence-corrected chi connectivity index (χ1v) is 6.05. The Morgan fingerprint density at radius 2 is 1.81 bits per heavy atom. The minimum Gasteiger partial charge on any atom is -0.365 e. The van der Waals surface area contributed by atoms with E-state index < -0.39 is 23.4 Å². The number of hydrogen-bond donors (Lipinski definition) is 2. The van der Waals surface area contributed by atoms with E-state index in [1.54, 1.807) is 0 Å². The molecule has 21 heavy (non-hydrogen) atoms. The molecule has 0 aliphatic heterocycles. The summed E-state index contributed by atoms with van der Waals surface area (Å²) in [5.74, 6) is -5.10. The molecule has 0 atom stereocenters. The molecule has 0 unspecified atom stereocenters. The summed E-state index contributed by atoms with van der Waals surface area (Å²) in [6.07, 6.45) is 1.30. The number of nitrogens with zero attached hydrogens (tertiary/aromatic N) is 1. The molecule has 1 aromatic carbocycles. The van der Waals surface area contributed by atoms with Gasteiger partial charge in [-0.3, -0.25) is 10.2 Å². The van der Waals surface area contributed by atoms with Crippen molar-refractivity contribution < 1.29 is 18.0 Å². The standard InChI is InChI=1S/C13H9ClF3N3O/c14-7-3-8(13(19)21)12(18)20(5-7)4-6-1-9(15)11(17)10(16)2-6/h1-3,5,18H,4H2,(H2,19,21). The number of nitrogens with two attached hydrogens (primary N) is 1. The highest BCUT2D eigenvalue weighted by atomic mass is 35.5. The molecule has 110 valence electrons. The van der Waals surface area contributed by atoms with Crippen molar-refractivity contribution in [2.45, 2.75) is 6.54 Å². The van der Waals surface area contributed by atoms with Crippen molar-refractivity contribution in [3.63, 3.8) is 0 Å². The van der Waals surface area contributed by atoms with E-state index in [-0.39, 0.29) is 28.2 Å². The topological polar surface area (TPSA) is 71.9 Å². The van der Waals surface area contributed by atoms with E-state index in [4.69, 9.17) is 22.7 Å². The van der Waals surface area contributed by atoms with Crippen LogP contribution in [0.4, 0.5) is 13.2 Å². The second kappa shape index (κ2) is 5.61. The van der Waals surface area contributed by atoms with Gasteiger partial charge in [-0.15, -0.1) is 0 Å². The number of halogens is 4. The lowest BCUT2D eigenvalue weighted by Gasteiger charge is -2.10. The summed E-state index contributed by atoms with van der Waals surface area (Å²) >= 11 is 5.80. The Morgan fingerprint density at radius 1 is 1.24 bits per heavy atom. The van der Waals surface area contributed by atoms with E-state index in [2.05, 4.69) is 0 Å². The van der Waals surface area contributed by atoms with Crippen LogP contribution < -0.4 is 11.2 Å². The molecule has 0 radical (unpaired) electrons. The van der Waals surface area contributed by atoms with Crippen molar-refractivity contribution in [2.24, 2.45) is 5.73 Å². The molecule has 4 nitrogen and oxygen atoms in total. The van der Waals surface area contributed by atoms with Gasteiger partial charge >= 0.3 is 0 Å². The fourth-order valence-electron chi connectivity index (χ4n) is 1.82. The van der Waals surface area contributed by atoms with Crippen LogP contribution in [-0.4, -0.2) is 10.5 Å². The minimum absolute atomic E-state index is 0.0718. The second-order valence-electron chi connectivity index (χ2n) is 4.29. The van der Waals surface area contributed by atoms with Crippen LogP contribution in [0.3, 0.4) is 0 Å². The van der Waals surface area contributed by atoms with Crippen molar-refractivity contribution >= 4 is 17.5 Å². The van der Waals surface area contributed by atoms with E-state index in [9.17, 15) is 18.0 Å². The highest BCUT2D eigenvalue weighted by molar-refractivity contribution is 6.30. The van der Waals surface area contributed by atoms with Gasteiger partial charge in [-0.05, 0) is 23.8 Å². The largest absolute Gasteiger partial charge is 0.365 e. The summed E-state index contributed by atoms with van der Waals surface area (Å²) < 4.78 is 40.4. The van der Waals surface area contributed by atoms with E-state index >= 15 is 0 Å². The molecule has 3 N–H and O–H groups in total. The molecule has 1 heterocycles. The van der Waals surface area contributed by atoms with Crippen LogP contribution in [0.15, 0.2) is 24.4 Å². The zero-order chi connectivity index (χ0) is 15.7. The van der Waals surface area contributed by atoms with Crippen LogP contribution in [0.1, 0.15) is 15.9 Å². The molecular weight excluding hydrogens is 307 g/mol. The number of hydrogen-bond acceptors (Lipinski definition) is 2. The number of pyridine rings is 1. The fourth-order valence-corrected chi connectivity index (χ4v) is 2.05. The molecule has 0 saturated carbocycles. The van der Waals surface area contributed by atoms with Crippen molar-refractivity contribution in [3.05, 3.63) is 63.5 Å². The Morgan fingerprint density at radius 3 is 2.33 bits per heavy atom. The van der Waals surface area contributed by atoms with Gasteiger partial charge in [0.05, 0.1) is 10.6 Å². The van der Waals surface area contributed by atoms with Gasteiger partial charge in [0.2, 0.25) is 0 Å². The van der Waals surface area contributed by atoms with E-state index in [0.29, 0.717) is 0 Å². The van der Waals surface area contributed by atoms with E-state index in [0.717, 1.165) is 12.1 Å². The molecule has 0 saturated heterocycles. The number of rotatable bonds is 3. The predicted octanol–water partition coefficient (Wildman–Crippen LogP) is 2.19. The number of aromatic nitrogens is 1. The molecule has 0 spiro atoms. The van der Waals surface area contributed by atoms with Gasteiger partial charge in [-0.2, -0.15) is 0 Å². The van der Waals surface area contributed by atoms with Crippen LogP contribution in [0, 0.1) is 22.9 Å². The highest BCUT2D eigenvalue weighted by Gasteiger charge is 2.13. The third-order valence-electron chi connectivity index (χ3n) is 2.77. The van der Waals surface area contributed by atoms with E-state index in [1.807, 2.05) is 0 Å². The lowest BCUT2D eigenvalue weighted by molar-refractivity contribution is 0.0997. The number of carbonyl (C=O) groups is 1. The Hall–Kier alpha value is -2.28. The smallest absolute Gasteiger partial charge is 0.252 e. The van der Waals surface area contributed by atoms with Gasteiger partial charge < -0.3 is 10.3 Å². The number of carbonyl (C=O) groups excluding carboxylic acids is 1. The van der Waals surface area contributed by atoms with Crippen molar-refractivity contribution in [1.82, 2.24) is 4.57 Å². The van der Waals surface area contributed by atoms with Gasteiger partial charge in [-0.1, -0.05) is 11.6 Å². The maximum Gasteiger partial charge on any atom is 0.252 e. The molecule has 8 heteroatoms. The molecule has 2 aromatic rings. The highest BCUT2D eigenvalue weighted by Crippen LogP contribution is 2.15. The van der Waals surface area contributed by atoms with Crippen LogP contribution >= 0.6 is 11.6 Å². The first-order chi connectivity index (χ1) is 9.79.